The molecule has 0 aliphatic heterocycles. The van der Waals surface area contributed by atoms with Gasteiger partial charge in [0.05, 0.1) is 9.95 Å². The first kappa shape index (κ1) is 17.2. The number of rotatable bonds is 6. The van der Waals surface area contributed by atoms with Crippen molar-refractivity contribution in [2.24, 2.45) is 10.9 Å². The molecular formula is C15H12ClN3O5. The van der Waals surface area contributed by atoms with Crippen LogP contribution in [0.1, 0.15) is 5.56 Å². The molecule has 0 bridgehead atoms. The Hall–Kier alpha value is -3.13. The summed E-state index contributed by atoms with van der Waals surface area (Å²) in [5, 5.41) is 14.4. The molecule has 24 heavy (non-hydrogen) atoms. The Morgan fingerprint density at radius 1 is 1.21 bits per heavy atom. The lowest BCUT2D eigenvalue weighted by molar-refractivity contribution is -0.384. The van der Waals surface area contributed by atoms with Crippen LogP contribution >= 0.6 is 11.6 Å². The Kier molecular flexibility index (Phi) is 5.69. The second-order valence-electron chi connectivity index (χ2n) is 4.46. The number of nitro benzene ring substituents is 1. The van der Waals surface area contributed by atoms with Crippen molar-refractivity contribution in [3.63, 3.8) is 0 Å². The lowest BCUT2D eigenvalue weighted by Gasteiger charge is -2.05. The third-order valence-corrected chi connectivity index (χ3v) is 3.11. The van der Waals surface area contributed by atoms with Gasteiger partial charge in [0, 0.05) is 17.7 Å². The van der Waals surface area contributed by atoms with Gasteiger partial charge < -0.3 is 15.3 Å². The van der Waals surface area contributed by atoms with Gasteiger partial charge in [-0.25, -0.2) is 4.79 Å². The third-order valence-electron chi connectivity index (χ3n) is 2.80. The number of oxime groups is 1. The van der Waals surface area contributed by atoms with Gasteiger partial charge in [0.15, 0.2) is 12.4 Å². The molecule has 2 aromatic rings. The van der Waals surface area contributed by atoms with E-state index in [0.29, 0.717) is 16.3 Å². The molecule has 2 rings (SSSR count). The number of halogens is 1. The van der Waals surface area contributed by atoms with Crippen molar-refractivity contribution < 1.29 is 19.3 Å². The van der Waals surface area contributed by atoms with Crippen molar-refractivity contribution in [3.05, 3.63) is 69.2 Å². The van der Waals surface area contributed by atoms with Crippen LogP contribution in [-0.2, 0) is 9.63 Å². The van der Waals surface area contributed by atoms with E-state index in [4.69, 9.17) is 22.1 Å². The van der Waals surface area contributed by atoms with Gasteiger partial charge >= 0.3 is 5.97 Å². The van der Waals surface area contributed by atoms with E-state index >= 15 is 0 Å². The number of carbonyl (C=O) groups is 1. The predicted octanol–water partition coefficient (Wildman–Crippen LogP) is 2.49. The van der Waals surface area contributed by atoms with Crippen LogP contribution in [0.5, 0.6) is 5.75 Å². The molecule has 0 fully saturated rings. The van der Waals surface area contributed by atoms with Gasteiger partial charge in [-0.2, -0.15) is 0 Å². The van der Waals surface area contributed by atoms with Gasteiger partial charge in [0.1, 0.15) is 5.75 Å². The molecule has 0 aliphatic carbocycles. The molecule has 0 saturated carbocycles. The van der Waals surface area contributed by atoms with Crippen LogP contribution in [0, 0.1) is 10.1 Å². The smallest absolute Gasteiger partial charge is 0.372 e. The summed E-state index contributed by atoms with van der Waals surface area (Å²) >= 11 is 5.88. The van der Waals surface area contributed by atoms with Crippen LogP contribution < -0.4 is 10.5 Å². The largest absolute Gasteiger partial charge is 0.480 e. The molecule has 0 aliphatic rings. The summed E-state index contributed by atoms with van der Waals surface area (Å²) in [6, 6.07) is 12.0. The minimum absolute atomic E-state index is 0.0864. The molecule has 0 spiro atoms. The van der Waals surface area contributed by atoms with Crippen LogP contribution in [0.2, 0.25) is 5.02 Å². The Morgan fingerprint density at radius 2 is 1.88 bits per heavy atom. The van der Waals surface area contributed by atoms with E-state index in [0.717, 1.165) is 0 Å². The number of hydrogen-bond acceptors (Lipinski definition) is 6. The fourth-order valence-electron chi connectivity index (χ4n) is 1.63. The zero-order valence-corrected chi connectivity index (χ0v) is 13.0. The average Bonchev–Trinajstić information content (AvgIpc) is 2.59. The first-order valence-corrected chi connectivity index (χ1v) is 7.00. The van der Waals surface area contributed by atoms with E-state index < -0.39 is 17.5 Å². The van der Waals surface area contributed by atoms with Crippen molar-refractivity contribution >= 4 is 29.1 Å². The fraction of sp³-hybridized carbons (Fsp3) is 0.0667. The van der Waals surface area contributed by atoms with Crippen molar-refractivity contribution in [1.82, 2.24) is 0 Å². The maximum absolute atomic E-state index is 11.6. The summed E-state index contributed by atoms with van der Waals surface area (Å²) in [5.41, 5.74) is 5.93. The van der Waals surface area contributed by atoms with Crippen molar-refractivity contribution in [2.75, 3.05) is 6.61 Å². The van der Waals surface area contributed by atoms with Crippen LogP contribution in [-0.4, -0.2) is 23.3 Å². The zero-order valence-electron chi connectivity index (χ0n) is 12.2. The standard InChI is InChI=1S/C15H12ClN3O5/c16-12-3-1-2-4-13(12)23-9-14(20)24-18-15(17)10-5-7-11(8-6-10)19(21)22/h1-8H,9H2,(H2,17,18). The maximum Gasteiger partial charge on any atom is 0.372 e. The minimum atomic E-state index is -0.778. The van der Waals surface area contributed by atoms with E-state index in [9.17, 15) is 14.9 Å². The number of nitrogens with zero attached hydrogens (tertiary/aromatic N) is 2. The van der Waals surface area contributed by atoms with Gasteiger partial charge in [-0.15, -0.1) is 0 Å². The molecule has 124 valence electrons. The molecular weight excluding hydrogens is 338 g/mol. The minimum Gasteiger partial charge on any atom is -0.480 e. The number of para-hydroxylation sites is 1. The molecule has 8 nitrogen and oxygen atoms in total. The summed E-state index contributed by atoms with van der Waals surface area (Å²) in [7, 11) is 0. The molecule has 9 heteroatoms. The lowest BCUT2D eigenvalue weighted by Crippen LogP contribution is -2.18. The first-order chi connectivity index (χ1) is 11.5. The summed E-state index contributed by atoms with van der Waals surface area (Å²) in [4.78, 5) is 26.2. The SMILES string of the molecule is NC(=NOC(=O)COc1ccccc1Cl)c1ccc([N+](=O)[O-])cc1. The number of nitrogens with two attached hydrogens (primary N) is 1. The third kappa shape index (κ3) is 4.68. The number of hydrogen-bond donors (Lipinski definition) is 1. The van der Waals surface area contributed by atoms with E-state index in [2.05, 4.69) is 9.99 Å². The van der Waals surface area contributed by atoms with E-state index in [1.54, 1.807) is 24.3 Å². The van der Waals surface area contributed by atoms with E-state index in [-0.39, 0.29) is 11.5 Å². The first-order valence-electron chi connectivity index (χ1n) is 6.63. The average molecular weight is 350 g/mol. The molecule has 0 heterocycles. The molecule has 2 N–H and O–H groups in total. The number of benzene rings is 2. The van der Waals surface area contributed by atoms with Crippen LogP contribution in [0.15, 0.2) is 53.7 Å². The Morgan fingerprint density at radius 3 is 2.50 bits per heavy atom. The Labute approximate surface area is 141 Å². The fourth-order valence-corrected chi connectivity index (χ4v) is 1.82. The van der Waals surface area contributed by atoms with Gasteiger partial charge in [0.2, 0.25) is 0 Å². The summed E-state index contributed by atoms with van der Waals surface area (Å²) in [6.45, 7) is -0.402. The Balaban J connectivity index is 1.90. The van der Waals surface area contributed by atoms with Crippen LogP contribution in [0.25, 0.3) is 0 Å². The monoisotopic (exact) mass is 349 g/mol. The lowest BCUT2D eigenvalue weighted by atomic mass is 10.2. The van der Waals surface area contributed by atoms with Crippen molar-refractivity contribution in [2.45, 2.75) is 0 Å². The molecule has 0 saturated heterocycles. The summed E-state index contributed by atoms with van der Waals surface area (Å²) < 4.78 is 5.19. The van der Waals surface area contributed by atoms with Gasteiger partial charge in [-0.1, -0.05) is 28.9 Å². The van der Waals surface area contributed by atoms with Crippen LogP contribution in [0.4, 0.5) is 5.69 Å². The number of nitro groups is 1. The normalized spacial score (nSPS) is 11.0. The quantitative estimate of drug-likeness (QED) is 0.281. The van der Waals surface area contributed by atoms with Crippen molar-refractivity contribution in [3.8, 4) is 5.75 Å². The highest BCUT2D eigenvalue weighted by molar-refractivity contribution is 6.32. The van der Waals surface area contributed by atoms with Gasteiger partial charge in [-0.3, -0.25) is 10.1 Å². The van der Waals surface area contributed by atoms with Crippen molar-refractivity contribution in [1.29, 1.82) is 0 Å². The molecule has 0 atom stereocenters. The topological polar surface area (TPSA) is 117 Å². The van der Waals surface area contributed by atoms with Crippen LogP contribution in [0.3, 0.4) is 0 Å². The van der Waals surface area contributed by atoms with Gasteiger partial charge in [-0.05, 0) is 24.3 Å². The zero-order chi connectivity index (χ0) is 17.5. The highest BCUT2D eigenvalue weighted by Crippen LogP contribution is 2.22. The number of ether oxygens (including phenoxy) is 1. The summed E-state index contributed by atoms with van der Waals surface area (Å²) in [5.74, 6) is -0.542. The molecule has 0 radical (unpaired) electrons. The Bertz CT molecular complexity index is 777. The highest BCUT2D eigenvalue weighted by atomic mass is 35.5. The number of amidine groups is 1. The molecule has 0 amide bonds. The second-order valence-corrected chi connectivity index (χ2v) is 4.87. The van der Waals surface area contributed by atoms with E-state index in [1.165, 1.54) is 24.3 Å². The number of non-ortho nitro benzene ring substituents is 1. The second kappa shape index (κ2) is 7.93. The number of carbonyl (C=O) groups excluding carboxylic acids is 1. The van der Waals surface area contributed by atoms with Gasteiger partial charge in [0.25, 0.3) is 5.69 Å². The molecule has 0 aromatic heterocycles. The maximum atomic E-state index is 11.6. The summed E-state index contributed by atoms with van der Waals surface area (Å²) in [6.07, 6.45) is 0. The molecule has 2 aromatic carbocycles. The van der Waals surface area contributed by atoms with E-state index in [1.807, 2.05) is 0 Å². The predicted molar refractivity (Wildman–Crippen MR) is 86.9 cm³/mol. The molecule has 0 unspecified atom stereocenters. The highest BCUT2D eigenvalue weighted by Gasteiger charge is 2.09.